The molecule has 0 saturated carbocycles. The molecule has 6 nitrogen and oxygen atoms in total. The number of hydrogen-bond donors (Lipinski definition) is 3. The van der Waals surface area contributed by atoms with Crippen LogP contribution < -0.4 is 10.5 Å². The summed E-state index contributed by atoms with van der Waals surface area (Å²) in [6, 6.07) is 6.64. The molecule has 6 heteroatoms. The number of nitrogens with zero attached hydrogens (tertiary/aromatic N) is 1. The summed E-state index contributed by atoms with van der Waals surface area (Å²) < 4.78 is 10.1. The number of aromatic nitrogens is 2. The van der Waals surface area contributed by atoms with Crippen molar-refractivity contribution in [3.05, 3.63) is 24.3 Å². The maximum absolute atomic E-state index is 9.75. The highest BCUT2D eigenvalue weighted by Crippen LogP contribution is 2.33. The number of phenolic OH excluding ortho intramolecular Hbond substituents is 1. The molecular weight excluding hydrogens is 234 g/mol. The first-order chi connectivity index (χ1) is 8.69. The van der Waals surface area contributed by atoms with Crippen molar-refractivity contribution in [1.29, 1.82) is 0 Å². The Labute approximate surface area is 102 Å². The third kappa shape index (κ3) is 1.46. The predicted molar refractivity (Wildman–Crippen MR) is 66.4 cm³/mol. The Hall–Kier alpha value is -2.63. The van der Waals surface area contributed by atoms with Crippen LogP contribution in [0.1, 0.15) is 0 Å². The molecule has 0 aliphatic heterocycles. The fourth-order valence-corrected chi connectivity index (χ4v) is 1.84. The summed E-state index contributed by atoms with van der Waals surface area (Å²) in [5.41, 5.74) is 7.67. The molecule has 0 amide bonds. The van der Waals surface area contributed by atoms with E-state index in [0.29, 0.717) is 28.5 Å². The fraction of sp³-hybridized carbons (Fsp3) is 0.0833. The summed E-state index contributed by atoms with van der Waals surface area (Å²) in [5, 5.41) is 14.2. The van der Waals surface area contributed by atoms with Crippen LogP contribution in [0.4, 0.5) is 5.69 Å². The topological polar surface area (TPSA) is 97.3 Å². The smallest absolute Gasteiger partial charge is 0.254 e. The van der Waals surface area contributed by atoms with Crippen molar-refractivity contribution >= 4 is 16.6 Å². The molecule has 0 unspecified atom stereocenters. The van der Waals surface area contributed by atoms with Crippen molar-refractivity contribution in [2.45, 2.75) is 0 Å². The summed E-state index contributed by atoms with van der Waals surface area (Å²) in [6.07, 6.45) is 0. The lowest BCUT2D eigenvalue weighted by molar-refractivity contribution is 0.342. The van der Waals surface area contributed by atoms with Gasteiger partial charge in [0.15, 0.2) is 5.76 Å². The Balaban J connectivity index is 2.19. The molecule has 0 bridgehead atoms. The Morgan fingerprint density at radius 2 is 2.22 bits per heavy atom. The quantitative estimate of drug-likeness (QED) is 0.474. The second-order valence-corrected chi connectivity index (χ2v) is 3.88. The molecule has 4 N–H and O–H groups in total. The number of H-pyrrole nitrogens is 1. The fourth-order valence-electron chi connectivity index (χ4n) is 1.84. The second-order valence-electron chi connectivity index (χ2n) is 3.88. The van der Waals surface area contributed by atoms with Crippen LogP contribution in [0.3, 0.4) is 0 Å². The van der Waals surface area contributed by atoms with Crippen molar-refractivity contribution < 1.29 is 14.4 Å². The van der Waals surface area contributed by atoms with Crippen molar-refractivity contribution in [2.75, 3.05) is 12.8 Å². The number of aromatic hydroxyl groups is 1. The van der Waals surface area contributed by atoms with Crippen molar-refractivity contribution in [1.82, 2.24) is 10.1 Å². The van der Waals surface area contributed by atoms with Crippen LogP contribution in [0.2, 0.25) is 0 Å². The number of methoxy groups -OCH3 is 1. The molecule has 3 rings (SSSR count). The molecule has 3 aromatic rings. The van der Waals surface area contributed by atoms with Gasteiger partial charge in [0, 0.05) is 11.1 Å². The first-order valence-electron chi connectivity index (χ1n) is 5.30. The highest BCUT2D eigenvalue weighted by Gasteiger charge is 2.13. The number of nitrogens with two attached hydrogens (primary N) is 1. The molecule has 0 aliphatic rings. The van der Waals surface area contributed by atoms with Gasteiger partial charge in [0.2, 0.25) is 0 Å². The van der Waals surface area contributed by atoms with Gasteiger partial charge >= 0.3 is 0 Å². The predicted octanol–water partition coefficient (Wildman–Crippen LogP) is 2.12. The van der Waals surface area contributed by atoms with Gasteiger partial charge in [0.05, 0.1) is 24.4 Å². The molecule has 1 aromatic carbocycles. The average Bonchev–Trinajstić information content (AvgIpc) is 2.99. The van der Waals surface area contributed by atoms with Gasteiger partial charge in [-0.15, -0.1) is 0 Å². The van der Waals surface area contributed by atoms with Crippen LogP contribution >= 0.6 is 0 Å². The van der Waals surface area contributed by atoms with Crippen LogP contribution in [-0.2, 0) is 0 Å². The number of benzene rings is 1. The lowest BCUT2D eigenvalue weighted by Gasteiger charge is -1.97. The van der Waals surface area contributed by atoms with E-state index in [1.807, 2.05) is 0 Å². The standard InChI is InChI=1S/C12H11N3O3/c1-17-11-5-10(18-15-11)8-4-6-7(13)2-3-9(16)12(6)14-8/h2-5,14,16H,13H2,1H3. The van der Waals surface area contributed by atoms with Crippen LogP contribution in [0, 0.1) is 0 Å². The third-order valence-electron chi connectivity index (χ3n) is 2.77. The molecule has 0 aliphatic carbocycles. The molecule has 2 aromatic heterocycles. The number of nitrogen functional groups attached to an aromatic ring is 1. The Morgan fingerprint density at radius 3 is 2.89 bits per heavy atom. The molecule has 0 spiro atoms. The van der Waals surface area contributed by atoms with E-state index in [-0.39, 0.29) is 5.75 Å². The van der Waals surface area contributed by atoms with Gasteiger partial charge in [-0.05, 0) is 23.4 Å². The zero-order valence-corrected chi connectivity index (χ0v) is 9.60. The third-order valence-corrected chi connectivity index (χ3v) is 2.77. The maximum atomic E-state index is 9.75. The SMILES string of the molecule is COc1cc(-c2cc3c(N)ccc(O)c3[nH]2)on1. The Kier molecular flexibility index (Phi) is 2.16. The van der Waals surface area contributed by atoms with E-state index in [1.165, 1.54) is 7.11 Å². The Bertz CT molecular complexity index is 676. The van der Waals surface area contributed by atoms with E-state index in [4.69, 9.17) is 15.0 Å². The second kappa shape index (κ2) is 3.69. The highest BCUT2D eigenvalue weighted by molar-refractivity contribution is 5.97. The lowest BCUT2D eigenvalue weighted by Crippen LogP contribution is -1.84. The summed E-state index contributed by atoms with van der Waals surface area (Å²) in [4.78, 5) is 3.04. The van der Waals surface area contributed by atoms with Crippen molar-refractivity contribution in [3.63, 3.8) is 0 Å². The maximum Gasteiger partial charge on any atom is 0.254 e. The van der Waals surface area contributed by atoms with Gasteiger partial charge in [-0.25, -0.2) is 0 Å². The summed E-state index contributed by atoms with van der Waals surface area (Å²) in [7, 11) is 1.51. The number of aromatic amines is 1. The van der Waals surface area contributed by atoms with Gasteiger partial charge in [-0.2, -0.15) is 0 Å². The summed E-state index contributed by atoms with van der Waals surface area (Å²) >= 11 is 0. The van der Waals surface area contributed by atoms with Crippen molar-refractivity contribution in [3.8, 4) is 23.1 Å². The summed E-state index contributed by atoms with van der Waals surface area (Å²) in [6.45, 7) is 0. The van der Waals surface area contributed by atoms with Crippen LogP contribution in [0.5, 0.6) is 11.6 Å². The molecule has 0 atom stereocenters. The number of hydrogen-bond acceptors (Lipinski definition) is 5. The monoisotopic (exact) mass is 245 g/mol. The van der Waals surface area contributed by atoms with Crippen LogP contribution in [0.25, 0.3) is 22.4 Å². The van der Waals surface area contributed by atoms with Crippen LogP contribution in [-0.4, -0.2) is 22.4 Å². The van der Waals surface area contributed by atoms with Gasteiger partial charge in [0.1, 0.15) is 5.75 Å². The highest BCUT2D eigenvalue weighted by atomic mass is 16.5. The molecule has 18 heavy (non-hydrogen) atoms. The van der Waals surface area contributed by atoms with Crippen molar-refractivity contribution in [2.24, 2.45) is 0 Å². The summed E-state index contributed by atoms with van der Waals surface area (Å²) in [5.74, 6) is 1.04. The minimum Gasteiger partial charge on any atom is -0.506 e. The van der Waals surface area contributed by atoms with Gasteiger partial charge in [0.25, 0.3) is 5.88 Å². The van der Waals surface area contributed by atoms with E-state index in [0.717, 1.165) is 5.39 Å². The van der Waals surface area contributed by atoms with E-state index >= 15 is 0 Å². The first kappa shape index (κ1) is 10.5. The number of phenols is 1. The molecule has 92 valence electrons. The largest absolute Gasteiger partial charge is 0.506 e. The molecule has 0 saturated heterocycles. The normalized spacial score (nSPS) is 10.9. The number of rotatable bonds is 2. The number of ether oxygens (including phenoxy) is 1. The number of fused-ring (bicyclic) bond motifs is 1. The lowest BCUT2D eigenvalue weighted by atomic mass is 10.2. The molecule has 2 heterocycles. The zero-order chi connectivity index (χ0) is 12.7. The van der Waals surface area contributed by atoms with E-state index in [1.54, 1.807) is 24.3 Å². The first-order valence-corrected chi connectivity index (χ1v) is 5.30. The molecule has 0 radical (unpaired) electrons. The minimum absolute atomic E-state index is 0.136. The van der Waals surface area contributed by atoms with Crippen LogP contribution in [0.15, 0.2) is 28.8 Å². The Morgan fingerprint density at radius 1 is 1.39 bits per heavy atom. The zero-order valence-electron chi connectivity index (χ0n) is 9.60. The van der Waals surface area contributed by atoms with E-state index in [2.05, 4.69) is 10.1 Å². The van der Waals surface area contributed by atoms with Gasteiger partial charge in [-0.1, -0.05) is 0 Å². The molecule has 0 fully saturated rings. The number of nitrogens with one attached hydrogen (secondary N) is 1. The van der Waals surface area contributed by atoms with Gasteiger partial charge in [-0.3, -0.25) is 0 Å². The van der Waals surface area contributed by atoms with E-state index < -0.39 is 0 Å². The van der Waals surface area contributed by atoms with E-state index in [9.17, 15) is 5.11 Å². The molecular formula is C12H11N3O3. The van der Waals surface area contributed by atoms with Gasteiger partial charge < -0.3 is 25.1 Å². The average molecular weight is 245 g/mol. The number of anilines is 1. The minimum atomic E-state index is 0.136.